The molecule has 0 aliphatic carbocycles. The van der Waals surface area contributed by atoms with Crippen LogP contribution in [0.1, 0.15) is 22.8 Å². The maximum absolute atomic E-state index is 11.9. The largest absolute Gasteiger partial charge is 0.479 e. The molecular formula is C17H15NO4. The van der Waals surface area contributed by atoms with Crippen molar-refractivity contribution in [2.75, 3.05) is 0 Å². The Balaban J connectivity index is 2.08. The lowest BCUT2D eigenvalue weighted by molar-refractivity contribution is -0.144. The molecule has 22 heavy (non-hydrogen) atoms. The van der Waals surface area contributed by atoms with Crippen LogP contribution in [0.3, 0.4) is 0 Å². The zero-order valence-corrected chi connectivity index (χ0v) is 12.0. The van der Waals surface area contributed by atoms with Gasteiger partial charge in [0.25, 0.3) is 0 Å². The van der Waals surface area contributed by atoms with Crippen LogP contribution < -0.4 is 4.74 Å². The van der Waals surface area contributed by atoms with Gasteiger partial charge in [0, 0.05) is 18.0 Å². The van der Waals surface area contributed by atoms with Crippen molar-refractivity contribution in [1.82, 2.24) is 4.98 Å². The van der Waals surface area contributed by atoms with E-state index in [1.165, 1.54) is 19.2 Å². The fraction of sp³-hybridized carbons (Fsp3) is 0.118. The first-order chi connectivity index (χ1) is 10.6. The monoisotopic (exact) mass is 297 g/mol. The Kier molecular flexibility index (Phi) is 5.03. The number of carbonyl (C=O) groups excluding carboxylic acids is 1. The van der Waals surface area contributed by atoms with Crippen LogP contribution in [0, 0.1) is 0 Å². The number of carboxylic acid groups (broad SMARTS) is 1. The minimum Gasteiger partial charge on any atom is -0.479 e. The van der Waals surface area contributed by atoms with Gasteiger partial charge < -0.3 is 9.84 Å². The highest BCUT2D eigenvalue weighted by Gasteiger charge is 2.12. The molecule has 0 saturated heterocycles. The average molecular weight is 297 g/mol. The first-order valence-electron chi connectivity index (χ1n) is 6.68. The van der Waals surface area contributed by atoms with E-state index in [1.54, 1.807) is 48.7 Å². The Bertz CT molecular complexity index is 695. The summed E-state index contributed by atoms with van der Waals surface area (Å²) in [6.45, 7) is 1.46. The standard InChI is InChI=1S/C17H15NO4/c1-12(17(20)21)22-15-6-2-4-13(10-15)7-8-16(19)14-5-3-9-18-11-14/h2-12H,1H3,(H,20,21)/b8-7-/t12-/m1/s1. The van der Waals surface area contributed by atoms with Crippen LogP contribution in [0.25, 0.3) is 6.08 Å². The van der Waals surface area contributed by atoms with Gasteiger partial charge in [0.2, 0.25) is 0 Å². The van der Waals surface area contributed by atoms with Gasteiger partial charge in [0.1, 0.15) is 5.75 Å². The molecule has 1 heterocycles. The highest BCUT2D eigenvalue weighted by Crippen LogP contribution is 2.16. The van der Waals surface area contributed by atoms with Crippen LogP contribution in [0.15, 0.2) is 54.9 Å². The Morgan fingerprint density at radius 2 is 2.09 bits per heavy atom. The molecule has 0 fully saturated rings. The van der Waals surface area contributed by atoms with Gasteiger partial charge in [-0.05, 0) is 42.8 Å². The van der Waals surface area contributed by atoms with Crippen molar-refractivity contribution in [3.8, 4) is 5.75 Å². The fourth-order valence-corrected chi connectivity index (χ4v) is 1.72. The maximum atomic E-state index is 11.9. The van der Waals surface area contributed by atoms with Crippen LogP contribution in [-0.2, 0) is 4.79 Å². The predicted octanol–water partition coefficient (Wildman–Crippen LogP) is 2.83. The molecule has 1 aromatic heterocycles. The second-order valence-corrected chi connectivity index (χ2v) is 4.61. The van der Waals surface area contributed by atoms with Crippen molar-refractivity contribution in [1.29, 1.82) is 0 Å². The second-order valence-electron chi connectivity index (χ2n) is 4.61. The van der Waals surface area contributed by atoms with Gasteiger partial charge in [-0.3, -0.25) is 9.78 Å². The van der Waals surface area contributed by atoms with E-state index in [0.717, 1.165) is 5.56 Å². The number of nitrogens with zero attached hydrogens (tertiary/aromatic N) is 1. The number of ether oxygens (including phenoxy) is 1. The molecule has 0 aliphatic rings. The summed E-state index contributed by atoms with van der Waals surface area (Å²) in [6, 6.07) is 10.3. The molecule has 0 radical (unpaired) electrons. The van der Waals surface area contributed by atoms with Crippen molar-refractivity contribution in [2.24, 2.45) is 0 Å². The first-order valence-corrected chi connectivity index (χ1v) is 6.68. The van der Waals surface area contributed by atoms with Gasteiger partial charge in [-0.15, -0.1) is 0 Å². The minimum atomic E-state index is -1.03. The van der Waals surface area contributed by atoms with Crippen LogP contribution in [0.4, 0.5) is 0 Å². The van der Waals surface area contributed by atoms with E-state index in [1.807, 2.05) is 0 Å². The highest BCUT2D eigenvalue weighted by molar-refractivity contribution is 6.06. The van der Waals surface area contributed by atoms with Gasteiger partial charge in [-0.25, -0.2) is 4.79 Å². The van der Waals surface area contributed by atoms with Gasteiger partial charge in [-0.1, -0.05) is 18.2 Å². The lowest BCUT2D eigenvalue weighted by atomic mass is 10.1. The number of allylic oxidation sites excluding steroid dienone is 1. The molecule has 0 aliphatic heterocycles. The quantitative estimate of drug-likeness (QED) is 0.655. The van der Waals surface area contributed by atoms with Gasteiger partial charge in [-0.2, -0.15) is 0 Å². The van der Waals surface area contributed by atoms with E-state index < -0.39 is 12.1 Å². The normalized spacial score (nSPS) is 12.0. The van der Waals surface area contributed by atoms with Crippen molar-refractivity contribution in [3.63, 3.8) is 0 Å². The maximum Gasteiger partial charge on any atom is 0.344 e. The lowest BCUT2D eigenvalue weighted by Crippen LogP contribution is -2.22. The number of pyridine rings is 1. The summed E-state index contributed by atoms with van der Waals surface area (Å²) in [6.07, 6.45) is 5.26. The minimum absolute atomic E-state index is 0.154. The molecule has 0 bridgehead atoms. The fourth-order valence-electron chi connectivity index (χ4n) is 1.72. The second kappa shape index (κ2) is 7.17. The summed E-state index contributed by atoms with van der Waals surface area (Å²) >= 11 is 0. The van der Waals surface area contributed by atoms with Crippen molar-refractivity contribution in [3.05, 3.63) is 66.0 Å². The van der Waals surface area contributed by atoms with Crippen LogP contribution in [0.2, 0.25) is 0 Å². The molecule has 1 N–H and O–H groups in total. The van der Waals surface area contributed by atoms with E-state index >= 15 is 0 Å². The Morgan fingerprint density at radius 1 is 1.27 bits per heavy atom. The Hall–Kier alpha value is -2.95. The number of aromatic nitrogens is 1. The zero-order chi connectivity index (χ0) is 15.9. The molecule has 0 saturated carbocycles. The van der Waals surface area contributed by atoms with Gasteiger partial charge in [0.05, 0.1) is 0 Å². The van der Waals surface area contributed by atoms with E-state index in [9.17, 15) is 9.59 Å². The molecular weight excluding hydrogens is 282 g/mol. The Morgan fingerprint density at radius 3 is 2.77 bits per heavy atom. The molecule has 1 atom stereocenters. The van der Waals surface area contributed by atoms with Crippen molar-refractivity contribution >= 4 is 17.8 Å². The summed E-state index contributed by atoms with van der Waals surface area (Å²) in [5.41, 5.74) is 1.25. The first kappa shape index (κ1) is 15.4. The topological polar surface area (TPSA) is 76.5 Å². The molecule has 0 amide bonds. The third kappa shape index (κ3) is 4.28. The summed E-state index contributed by atoms with van der Waals surface area (Å²) in [5, 5.41) is 8.83. The van der Waals surface area contributed by atoms with Crippen molar-refractivity contribution in [2.45, 2.75) is 13.0 Å². The average Bonchev–Trinajstić information content (AvgIpc) is 2.53. The summed E-state index contributed by atoms with van der Waals surface area (Å²) in [7, 11) is 0. The van der Waals surface area contributed by atoms with Crippen LogP contribution in [0.5, 0.6) is 5.75 Å². The molecule has 1 aromatic carbocycles. The number of aliphatic carboxylic acids is 1. The Labute approximate surface area is 127 Å². The lowest BCUT2D eigenvalue weighted by Gasteiger charge is -2.10. The molecule has 2 aromatic rings. The molecule has 0 unspecified atom stereocenters. The predicted molar refractivity (Wildman–Crippen MR) is 81.8 cm³/mol. The summed E-state index contributed by atoms with van der Waals surface area (Å²) in [4.78, 5) is 26.6. The molecule has 5 heteroatoms. The summed E-state index contributed by atoms with van der Waals surface area (Å²) < 4.78 is 5.28. The molecule has 112 valence electrons. The highest BCUT2D eigenvalue weighted by atomic mass is 16.5. The van der Waals surface area contributed by atoms with E-state index in [0.29, 0.717) is 11.3 Å². The zero-order valence-electron chi connectivity index (χ0n) is 12.0. The smallest absolute Gasteiger partial charge is 0.344 e. The summed E-state index contributed by atoms with van der Waals surface area (Å²) in [5.74, 6) is -0.753. The van der Waals surface area contributed by atoms with E-state index in [4.69, 9.17) is 9.84 Å². The number of carboxylic acids is 1. The number of hydrogen-bond donors (Lipinski definition) is 1. The number of rotatable bonds is 6. The number of benzene rings is 1. The molecule has 0 spiro atoms. The van der Waals surface area contributed by atoms with E-state index in [2.05, 4.69) is 4.98 Å². The number of ketones is 1. The van der Waals surface area contributed by atoms with E-state index in [-0.39, 0.29) is 5.78 Å². The van der Waals surface area contributed by atoms with Gasteiger partial charge in [0.15, 0.2) is 11.9 Å². The third-order valence-corrected chi connectivity index (χ3v) is 2.89. The molecule has 5 nitrogen and oxygen atoms in total. The van der Waals surface area contributed by atoms with Crippen LogP contribution >= 0.6 is 0 Å². The van der Waals surface area contributed by atoms with Gasteiger partial charge >= 0.3 is 5.97 Å². The number of hydrogen-bond acceptors (Lipinski definition) is 4. The molecule has 2 rings (SSSR count). The number of carbonyl (C=O) groups is 2. The van der Waals surface area contributed by atoms with Crippen molar-refractivity contribution < 1.29 is 19.4 Å². The van der Waals surface area contributed by atoms with Crippen LogP contribution in [-0.4, -0.2) is 27.9 Å². The SMILES string of the molecule is C[C@@H](Oc1cccc(/C=C\C(=O)c2cccnc2)c1)C(=O)O. The third-order valence-electron chi connectivity index (χ3n) is 2.89.